The van der Waals surface area contributed by atoms with Crippen LogP contribution in [0.25, 0.3) is 11.3 Å². The molecule has 1 N–H and O–H groups in total. The third kappa shape index (κ3) is 5.91. The Balaban J connectivity index is 1.55. The summed E-state index contributed by atoms with van der Waals surface area (Å²) in [6, 6.07) is 7.11. The van der Waals surface area contributed by atoms with Crippen LogP contribution in [0.15, 0.2) is 49.2 Å². The van der Waals surface area contributed by atoms with Crippen LogP contribution in [0.5, 0.6) is 11.6 Å². The minimum absolute atomic E-state index is 0.0352. The summed E-state index contributed by atoms with van der Waals surface area (Å²) >= 11 is 6.30. The Morgan fingerprint density at radius 1 is 1.21 bits per heavy atom. The van der Waals surface area contributed by atoms with Crippen LogP contribution in [-0.4, -0.2) is 55.7 Å². The number of likely N-dealkylation sites (tertiary alicyclic amines) is 1. The van der Waals surface area contributed by atoms with Gasteiger partial charge in [-0.25, -0.2) is 24.7 Å². The van der Waals surface area contributed by atoms with Gasteiger partial charge < -0.3 is 19.7 Å². The van der Waals surface area contributed by atoms with Gasteiger partial charge in [0, 0.05) is 31.0 Å². The van der Waals surface area contributed by atoms with E-state index >= 15 is 0 Å². The topological polar surface area (TPSA) is 102 Å². The molecule has 1 aliphatic heterocycles. The second-order valence-electron chi connectivity index (χ2n) is 8.92. The molecule has 1 unspecified atom stereocenters. The fraction of sp³-hybridized carbons (Fsp3) is 0.375. The number of halogens is 1. The molecule has 4 rings (SSSR count). The minimum Gasteiger partial charge on any atom is -0.444 e. The van der Waals surface area contributed by atoms with Gasteiger partial charge in [0.05, 0.1) is 23.0 Å². The zero-order chi connectivity index (χ0) is 24.1. The highest BCUT2D eigenvalue weighted by molar-refractivity contribution is 6.32. The number of rotatable bonds is 6. The summed E-state index contributed by atoms with van der Waals surface area (Å²) in [5.41, 5.74) is 0.720. The third-order valence-electron chi connectivity index (χ3n) is 5.15. The van der Waals surface area contributed by atoms with Crippen LogP contribution in [-0.2, 0) is 4.74 Å². The van der Waals surface area contributed by atoms with Crippen LogP contribution in [0.2, 0.25) is 5.02 Å². The zero-order valence-corrected chi connectivity index (χ0v) is 20.1. The molecule has 1 aliphatic rings. The maximum absolute atomic E-state index is 12.6. The van der Waals surface area contributed by atoms with Crippen molar-refractivity contribution in [1.29, 1.82) is 0 Å². The lowest BCUT2D eigenvalue weighted by Crippen LogP contribution is -2.42. The standard InChI is InChI=1S/C24H27ClN6O3/c1-24(2,3)34-23(32)31-10-6-7-17(31)13-28-21-22(33-20-9-5-4-8-18(20)25)30-19(14-29-21)16-11-26-15-27-12-16/h4-5,8-9,11-12,14-15,17H,6-7,10,13H2,1-3H3,(H,28,29). The highest BCUT2D eigenvalue weighted by atomic mass is 35.5. The summed E-state index contributed by atoms with van der Waals surface area (Å²) in [7, 11) is 0. The number of nitrogens with zero attached hydrogens (tertiary/aromatic N) is 5. The second-order valence-corrected chi connectivity index (χ2v) is 9.33. The highest BCUT2D eigenvalue weighted by Crippen LogP contribution is 2.33. The number of nitrogens with one attached hydrogen (secondary N) is 1. The molecule has 2 aromatic heterocycles. The Labute approximate surface area is 203 Å². The van der Waals surface area contributed by atoms with Gasteiger partial charge in [-0.3, -0.25) is 0 Å². The molecule has 0 saturated carbocycles. The predicted octanol–water partition coefficient (Wildman–Crippen LogP) is 5.19. The van der Waals surface area contributed by atoms with E-state index in [9.17, 15) is 4.79 Å². The Hall–Kier alpha value is -3.46. The van der Waals surface area contributed by atoms with Crippen LogP contribution in [0.1, 0.15) is 33.6 Å². The average Bonchev–Trinajstić information content (AvgIpc) is 3.28. The number of carbonyl (C=O) groups is 1. The van der Waals surface area contributed by atoms with Crippen molar-refractivity contribution in [2.75, 3.05) is 18.4 Å². The van der Waals surface area contributed by atoms with Gasteiger partial charge in [-0.05, 0) is 45.7 Å². The number of ether oxygens (including phenoxy) is 2. The van der Waals surface area contributed by atoms with Crippen LogP contribution in [0.3, 0.4) is 0 Å². The van der Waals surface area contributed by atoms with E-state index in [1.54, 1.807) is 35.6 Å². The second kappa shape index (κ2) is 10.2. The first-order chi connectivity index (χ1) is 16.3. The van der Waals surface area contributed by atoms with Gasteiger partial charge in [0.25, 0.3) is 5.88 Å². The molecule has 3 heterocycles. The Morgan fingerprint density at radius 2 is 1.97 bits per heavy atom. The van der Waals surface area contributed by atoms with Gasteiger partial charge in [0.15, 0.2) is 5.82 Å². The quantitative estimate of drug-likeness (QED) is 0.512. The Kier molecular flexibility index (Phi) is 7.12. The lowest BCUT2D eigenvalue weighted by atomic mass is 10.2. The zero-order valence-electron chi connectivity index (χ0n) is 19.4. The van der Waals surface area contributed by atoms with Crippen molar-refractivity contribution in [2.24, 2.45) is 0 Å². The molecule has 1 aromatic carbocycles. The first kappa shape index (κ1) is 23.7. The number of hydrogen-bond donors (Lipinski definition) is 1. The van der Waals surface area contributed by atoms with E-state index < -0.39 is 5.60 Å². The van der Waals surface area contributed by atoms with Gasteiger partial charge in [-0.1, -0.05) is 23.7 Å². The molecular formula is C24H27ClN6O3. The summed E-state index contributed by atoms with van der Waals surface area (Å²) in [4.78, 5) is 31.7. The first-order valence-corrected chi connectivity index (χ1v) is 11.5. The molecule has 1 fully saturated rings. The average molecular weight is 483 g/mol. The number of para-hydroxylation sites is 1. The van der Waals surface area contributed by atoms with Crippen molar-refractivity contribution in [3.05, 3.63) is 54.2 Å². The number of amides is 1. The summed E-state index contributed by atoms with van der Waals surface area (Å²) in [6.45, 7) is 6.72. The van der Waals surface area contributed by atoms with Crippen molar-refractivity contribution in [1.82, 2.24) is 24.8 Å². The van der Waals surface area contributed by atoms with E-state index in [0.717, 1.165) is 12.8 Å². The largest absolute Gasteiger partial charge is 0.444 e. The van der Waals surface area contributed by atoms with Crippen LogP contribution >= 0.6 is 11.6 Å². The molecule has 0 spiro atoms. The maximum atomic E-state index is 12.6. The Bertz CT molecular complexity index is 1140. The molecule has 1 amide bonds. The van der Waals surface area contributed by atoms with Gasteiger partial charge in [0.2, 0.25) is 0 Å². The molecule has 1 saturated heterocycles. The van der Waals surface area contributed by atoms with Crippen molar-refractivity contribution in [2.45, 2.75) is 45.3 Å². The highest BCUT2D eigenvalue weighted by Gasteiger charge is 2.32. The van der Waals surface area contributed by atoms with Crippen molar-refractivity contribution < 1.29 is 14.3 Å². The molecule has 9 nitrogen and oxygen atoms in total. The van der Waals surface area contributed by atoms with Crippen LogP contribution in [0, 0.1) is 0 Å². The van der Waals surface area contributed by atoms with E-state index in [4.69, 9.17) is 21.1 Å². The van der Waals surface area contributed by atoms with E-state index in [0.29, 0.717) is 40.9 Å². The van der Waals surface area contributed by atoms with Crippen LogP contribution < -0.4 is 10.1 Å². The van der Waals surface area contributed by atoms with Crippen LogP contribution in [0.4, 0.5) is 10.6 Å². The lowest BCUT2D eigenvalue weighted by molar-refractivity contribution is 0.0235. The lowest BCUT2D eigenvalue weighted by Gasteiger charge is -2.28. The molecule has 0 bridgehead atoms. The number of hydrogen-bond acceptors (Lipinski definition) is 8. The molecule has 3 aromatic rings. The number of carbonyl (C=O) groups excluding carboxylic acids is 1. The normalized spacial score (nSPS) is 15.8. The van der Waals surface area contributed by atoms with E-state index in [1.807, 2.05) is 32.9 Å². The summed E-state index contributed by atoms with van der Waals surface area (Å²) in [5, 5.41) is 3.75. The molecule has 1 atom stereocenters. The van der Waals surface area contributed by atoms with Crippen molar-refractivity contribution in [3.8, 4) is 22.9 Å². The van der Waals surface area contributed by atoms with E-state index in [2.05, 4.69) is 25.3 Å². The minimum atomic E-state index is -0.546. The molecule has 178 valence electrons. The number of anilines is 1. The van der Waals surface area contributed by atoms with Gasteiger partial charge in [-0.2, -0.15) is 0 Å². The molecular weight excluding hydrogens is 456 g/mol. The molecule has 0 aliphatic carbocycles. The van der Waals surface area contributed by atoms with Crippen molar-refractivity contribution in [3.63, 3.8) is 0 Å². The predicted molar refractivity (Wildman–Crippen MR) is 129 cm³/mol. The van der Waals surface area contributed by atoms with Gasteiger partial charge >= 0.3 is 6.09 Å². The Morgan fingerprint density at radius 3 is 2.71 bits per heavy atom. The third-order valence-corrected chi connectivity index (χ3v) is 5.46. The fourth-order valence-electron chi connectivity index (χ4n) is 3.59. The monoisotopic (exact) mass is 482 g/mol. The first-order valence-electron chi connectivity index (χ1n) is 11.1. The van der Waals surface area contributed by atoms with Gasteiger partial charge in [-0.15, -0.1) is 0 Å². The SMILES string of the molecule is CC(C)(C)OC(=O)N1CCCC1CNc1ncc(-c2cncnc2)nc1Oc1ccccc1Cl. The van der Waals surface area contributed by atoms with E-state index in [-0.39, 0.29) is 18.0 Å². The number of aromatic nitrogens is 4. The smallest absolute Gasteiger partial charge is 0.410 e. The maximum Gasteiger partial charge on any atom is 0.410 e. The summed E-state index contributed by atoms with van der Waals surface area (Å²) in [6.07, 6.45) is 7.84. The molecule has 0 radical (unpaired) electrons. The number of benzene rings is 1. The fourth-order valence-corrected chi connectivity index (χ4v) is 3.76. The molecule has 34 heavy (non-hydrogen) atoms. The van der Waals surface area contributed by atoms with Crippen molar-refractivity contribution >= 4 is 23.5 Å². The molecule has 10 heteroatoms. The van der Waals surface area contributed by atoms with E-state index in [1.165, 1.54) is 6.33 Å². The van der Waals surface area contributed by atoms with Gasteiger partial charge in [0.1, 0.15) is 17.7 Å². The summed E-state index contributed by atoms with van der Waals surface area (Å²) < 4.78 is 11.6. The summed E-state index contributed by atoms with van der Waals surface area (Å²) in [5.74, 6) is 1.16.